The maximum atomic E-state index is 12.5. The minimum Gasteiger partial charge on any atom is -0.213 e. The standard InChI is InChI=1S/C13H27N3O4S2/c1-11-7-12(2)9-16(8-11)22(19,20)14-13-5-4-6-15(10-13)21(3,17)18/h11-14H,4-10H2,1-3H3. The molecule has 0 spiro atoms. The first-order valence-electron chi connectivity index (χ1n) is 7.80. The molecule has 130 valence electrons. The fourth-order valence-electron chi connectivity index (χ4n) is 3.43. The third-order valence-corrected chi connectivity index (χ3v) is 7.22. The van der Waals surface area contributed by atoms with Gasteiger partial charge in [0.15, 0.2) is 0 Å². The molecule has 0 aromatic carbocycles. The van der Waals surface area contributed by atoms with Gasteiger partial charge in [-0.1, -0.05) is 13.8 Å². The first-order chi connectivity index (χ1) is 10.1. The van der Waals surface area contributed by atoms with Crippen molar-refractivity contribution >= 4 is 20.2 Å². The number of nitrogens with one attached hydrogen (secondary N) is 1. The van der Waals surface area contributed by atoms with E-state index in [4.69, 9.17) is 0 Å². The Morgan fingerprint density at radius 3 is 2.09 bits per heavy atom. The molecule has 1 N–H and O–H groups in total. The van der Waals surface area contributed by atoms with Crippen molar-refractivity contribution in [3.8, 4) is 0 Å². The van der Waals surface area contributed by atoms with E-state index in [-0.39, 0.29) is 12.6 Å². The molecule has 3 atom stereocenters. The molecule has 22 heavy (non-hydrogen) atoms. The summed E-state index contributed by atoms with van der Waals surface area (Å²) in [6, 6.07) is -0.346. The molecule has 3 unspecified atom stereocenters. The summed E-state index contributed by atoms with van der Waals surface area (Å²) < 4.78 is 53.9. The Balaban J connectivity index is 2.02. The van der Waals surface area contributed by atoms with Gasteiger partial charge < -0.3 is 0 Å². The predicted molar refractivity (Wildman–Crippen MR) is 86.0 cm³/mol. The number of sulfonamides is 1. The maximum Gasteiger partial charge on any atom is 0.279 e. The lowest BCUT2D eigenvalue weighted by atomic mass is 9.94. The molecular formula is C13H27N3O4S2. The Morgan fingerprint density at radius 2 is 1.55 bits per heavy atom. The maximum absolute atomic E-state index is 12.5. The number of nitrogens with zero attached hydrogens (tertiary/aromatic N) is 2. The van der Waals surface area contributed by atoms with Crippen LogP contribution in [0.3, 0.4) is 0 Å². The van der Waals surface area contributed by atoms with Crippen molar-refractivity contribution in [1.29, 1.82) is 0 Å². The van der Waals surface area contributed by atoms with Gasteiger partial charge in [-0.15, -0.1) is 0 Å². The summed E-state index contributed by atoms with van der Waals surface area (Å²) in [4.78, 5) is 0. The Labute approximate surface area is 134 Å². The van der Waals surface area contributed by atoms with Crippen LogP contribution in [0.2, 0.25) is 0 Å². The average Bonchev–Trinajstić information content (AvgIpc) is 2.36. The van der Waals surface area contributed by atoms with Crippen molar-refractivity contribution in [2.45, 2.75) is 39.2 Å². The lowest BCUT2D eigenvalue weighted by Crippen LogP contribution is -2.54. The van der Waals surface area contributed by atoms with Gasteiger partial charge in [0.05, 0.1) is 6.26 Å². The fraction of sp³-hybridized carbons (Fsp3) is 1.00. The Morgan fingerprint density at radius 1 is 0.955 bits per heavy atom. The molecule has 0 radical (unpaired) electrons. The minimum absolute atomic E-state index is 0.219. The van der Waals surface area contributed by atoms with E-state index in [0.29, 0.717) is 44.3 Å². The zero-order valence-electron chi connectivity index (χ0n) is 13.5. The van der Waals surface area contributed by atoms with Crippen LogP contribution in [0.15, 0.2) is 0 Å². The van der Waals surface area contributed by atoms with Crippen LogP contribution in [0, 0.1) is 11.8 Å². The van der Waals surface area contributed by atoms with Crippen molar-refractivity contribution in [1.82, 2.24) is 13.3 Å². The summed E-state index contributed by atoms with van der Waals surface area (Å²) in [5.41, 5.74) is 0. The highest BCUT2D eigenvalue weighted by atomic mass is 32.2. The van der Waals surface area contributed by atoms with E-state index in [9.17, 15) is 16.8 Å². The van der Waals surface area contributed by atoms with Gasteiger partial charge in [-0.3, -0.25) is 0 Å². The van der Waals surface area contributed by atoms with Crippen molar-refractivity contribution in [3.63, 3.8) is 0 Å². The van der Waals surface area contributed by atoms with Crippen LogP contribution >= 0.6 is 0 Å². The van der Waals surface area contributed by atoms with Crippen LogP contribution in [0.5, 0.6) is 0 Å². The minimum atomic E-state index is -3.56. The zero-order chi connectivity index (χ0) is 16.5. The topological polar surface area (TPSA) is 86.8 Å². The monoisotopic (exact) mass is 353 g/mol. The summed E-state index contributed by atoms with van der Waals surface area (Å²) in [6.07, 6.45) is 3.55. The summed E-state index contributed by atoms with van der Waals surface area (Å²) in [5.74, 6) is 0.693. The molecule has 2 saturated heterocycles. The lowest BCUT2D eigenvalue weighted by Gasteiger charge is -2.36. The van der Waals surface area contributed by atoms with E-state index in [1.807, 2.05) is 0 Å². The molecule has 9 heteroatoms. The second-order valence-electron chi connectivity index (χ2n) is 6.85. The van der Waals surface area contributed by atoms with E-state index in [1.54, 1.807) is 0 Å². The first kappa shape index (κ1) is 18.1. The second-order valence-corrected chi connectivity index (χ2v) is 10.5. The molecule has 0 aromatic rings. The molecular weight excluding hydrogens is 326 g/mol. The smallest absolute Gasteiger partial charge is 0.213 e. The molecule has 0 aromatic heterocycles. The summed E-state index contributed by atoms with van der Waals surface area (Å²) in [6.45, 7) is 5.87. The molecule has 0 bridgehead atoms. The van der Waals surface area contributed by atoms with Gasteiger partial charge >= 0.3 is 0 Å². The number of hydrogen-bond donors (Lipinski definition) is 1. The quantitative estimate of drug-likeness (QED) is 0.783. The van der Waals surface area contributed by atoms with Gasteiger partial charge in [-0.05, 0) is 31.1 Å². The molecule has 0 saturated carbocycles. The molecule has 0 aliphatic carbocycles. The third kappa shape index (κ3) is 4.64. The van der Waals surface area contributed by atoms with Gasteiger partial charge in [0.1, 0.15) is 0 Å². The largest absolute Gasteiger partial charge is 0.279 e. The van der Waals surface area contributed by atoms with Gasteiger partial charge in [0.25, 0.3) is 10.2 Å². The second kappa shape index (κ2) is 6.72. The van der Waals surface area contributed by atoms with Crippen LogP contribution in [0.1, 0.15) is 33.1 Å². The van der Waals surface area contributed by atoms with E-state index < -0.39 is 20.2 Å². The first-order valence-corrected chi connectivity index (χ1v) is 11.1. The fourth-order valence-corrected chi connectivity index (χ4v) is 6.00. The van der Waals surface area contributed by atoms with Gasteiger partial charge in [-0.25, -0.2) is 12.7 Å². The molecule has 2 heterocycles. The summed E-state index contributed by atoms with van der Waals surface area (Å²) >= 11 is 0. The molecule has 2 aliphatic heterocycles. The van der Waals surface area contributed by atoms with Gasteiger partial charge in [0.2, 0.25) is 10.0 Å². The van der Waals surface area contributed by atoms with Gasteiger partial charge in [0, 0.05) is 32.2 Å². The number of hydrogen-bond acceptors (Lipinski definition) is 4. The molecule has 2 fully saturated rings. The van der Waals surface area contributed by atoms with E-state index >= 15 is 0 Å². The van der Waals surface area contributed by atoms with Crippen molar-refractivity contribution < 1.29 is 16.8 Å². The van der Waals surface area contributed by atoms with Crippen LogP contribution in [0.25, 0.3) is 0 Å². The average molecular weight is 354 g/mol. The van der Waals surface area contributed by atoms with E-state index in [1.165, 1.54) is 8.61 Å². The van der Waals surface area contributed by atoms with Crippen LogP contribution in [0.4, 0.5) is 0 Å². The predicted octanol–water partition coefficient (Wildman–Crippen LogP) is 0.223. The highest BCUT2D eigenvalue weighted by molar-refractivity contribution is 7.88. The zero-order valence-corrected chi connectivity index (χ0v) is 15.2. The van der Waals surface area contributed by atoms with Gasteiger partial charge in [-0.2, -0.15) is 17.4 Å². The third-order valence-electron chi connectivity index (χ3n) is 4.34. The number of rotatable bonds is 4. The summed E-state index contributed by atoms with van der Waals surface area (Å²) in [5, 5.41) is 0. The van der Waals surface area contributed by atoms with Crippen LogP contribution < -0.4 is 4.72 Å². The highest BCUT2D eigenvalue weighted by Gasteiger charge is 2.34. The number of piperidine rings is 2. The van der Waals surface area contributed by atoms with Crippen molar-refractivity contribution in [2.24, 2.45) is 11.8 Å². The summed E-state index contributed by atoms with van der Waals surface area (Å²) in [7, 11) is -6.83. The molecule has 7 nitrogen and oxygen atoms in total. The normalized spacial score (nSPS) is 33.0. The van der Waals surface area contributed by atoms with E-state index in [0.717, 1.165) is 12.7 Å². The lowest BCUT2D eigenvalue weighted by molar-refractivity contribution is 0.217. The highest BCUT2D eigenvalue weighted by Crippen LogP contribution is 2.23. The SMILES string of the molecule is CC1CC(C)CN(S(=O)(=O)NC2CCCN(S(C)(=O)=O)C2)C1. The molecule has 0 amide bonds. The molecule has 2 aliphatic rings. The van der Waals surface area contributed by atoms with Crippen molar-refractivity contribution in [3.05, 3.63) is 0 Å². The van der Waals surface area contributed by atoms with Crippen molar-refractivity contribution in [2.75, 3.05) is 32.4 Å². The van der Waals surface area contributed by atoms with Crippen LogP contribution in [-0.2, 0) is 20.2 Å². The molecule has 2 rings (SSSR count). The van der Waals surface area contributed by atoms with Crippen LogP contribution in [-0.4, -0.2) is 63.9 Å². The Hall–Kier alpha value is -0.220. The Bertz CT molecular complexity index is 580. The van der Waals surface area contributed by atoms with E-state index in [2.05, 4.69) is 18.6 Å². The Kier molecular flexibility index (Phi) is 5.54.